The molecule has 2 N–H and O–H groups in total. The van der Waals surface area contributed by atoms with Crippen molar-refractivity contribution in [2.24, 2.45) is 4.99 Å². The normalized spacial score (nSPS) is 17.7. The zero-order chi connectivity index (χ0) is 16.4. The van der Waals surface area contributed by atoms with Gasteiger partial charge in [0.15, 0.2) is 5.96 Å². The summed E-state index contributed by atoms with van der Waals surface area (Å²) in [6.07, 6.45) is 2.40. The number of halogens is 1. The van der Waals surface area contributed by atoms with E-state index in [1.165, 1.54) is 45.7 Å². The van der Waals surface area contributed by atoms with Gasteiger partial charge in [0.2, 0.25) is 0 Å². The van der Waals surface area contributed by atoms with E-state index in [9.17, 15) is 0 Å². The summed E-state index contributed by atoms with van der Waals surface area (Å²) in [7, 11) is 0. The van der Waals surface area contributed by atoms with Crippen molar-refractivity contribution in [3.63, 3.8) is 0 Å². The average molecular weight is 439 g/mol. The minimum atomic E-state index is 0. The van der Waals surface area contributed by atoms with Gasteiger partial charge >= 0.3 is 0 Å². The fourth-order valence-electron chi connectivity index (χ4n) is 2.63. The van der Waals surface area contributed by atoms with Crippen molar-refractivity contribution in [3.05, 3.63) is 0 Å². The van der Waals surface area contributed by atoms with Crippen molar-refractivity contribution in [3.8, 4) is 0 Å². The van der Waals surface area contributed by atoms with Crippen molar-refractivity contribution in [2.75, 3.05) is 52.4 Å². The second kappa shape index (κ2) is 12.3. The molecule has 0 atom stereocenters. The van der Waals surface area contributed by atoms with Crippen LogP contribution in [0.5, 0.6) is 0 Å². The van der Waals surface area contributed by atoms with Crippen LogP contribution in [0.15, 0.2) is 4.99 Å². The van der Waals surface area contributed by atoms with Crippen LogP contribution in [0.2, 0.25) is 0 Å². The summed E-state index contributed by atoms with van der Waals surface area (Å²) in [5, 5.41) is 6.75. The summed E-state index contributed by atoms with van der Waals surface area (Å²) < 4.78 is 0. The van der Waals surface area contributed by atoms with Gasteiger partial charge in [-0.2, -0.15) is 0 Å². The Morgan fingerprint density at radius 1 is 1.00 bits per heavy atom. The second-order valence-corrected chi connectivity index (χ2v) is 7.12. The fraction of sp³-hybridized carbons (Fsp3) is 0.941. The molecule has 0 radical (unpaired) electrons. The maximum absolute atomic E-state index is 4.67. The van der Waals surface area contributed by atoms with Crippen LogP contribution < -0.4 is 10.6 Å². The zero-order valence-corrected chi connectivity index (χ0v) is 18.2. The lowest BCUT2D eigenvalue weighted by molar-refractivity contribution is 0.136. The molecular formula is C17H38IN5. The molecule has 0 aromatic heterocycles. The van der Waals surface area contributed by atoms with E-state index in [1.807, 2.05) is 0 Å². The van der Waals surface area contributed by atoms with Gasteiger partial charge in [-0.15, -0.1) is 24.0 Å². The lowest BCUT2D eigenvalue weighted by atomic mass is 10.1. The largest absolute Gasteiger partial charge is 0.357 e. The predicted molar refractivity (Wildman–Crippen MR) is 112 cm³/mol. The molecule has 1 aliphatic heterocycles. The van der Waals surface area contributed by atoms with Crippen LogP contribution in [0.3, 0.4) is 0 Å². The van der Waals surface area contributed by atoms with Crippen molar-refractivity contribution in [1.82, 2.24) is 20.4 Å². The lowest BCUT2D eigenvalue weighted by Gasteiger charge is -2.33. The molecule has 0 saturated carbocycles. The molecule has 0 spiro atoms. The number of rotatable bonds is 7. The number of likely N-dealkylation sites (N-methyl/N-ethyl adjacent to an activating group) is 1. The van der Waals surface area contributed by atoms with Gasteiger partial charge in [0.25, 0.3) is 0 Å². The third-order valence-corrected chi connectivity index (χ3v) is 3.90. The molecule has 1 saturated heterocycles. The van der Waals surface area contributed by atoms with E-state index in [0.717, 1.165) is 25.5 Å². The summed E-state index contributed by atoms with van der Waals surface area (Å²) in [5.74, 6) is 0.937. The van der Waals surface area contributed by atoms with Crippen molar-refractivity contribution < 1.29 is 0 Å². The molecule has 0 unspecified atom stereocenters. The van der Waals surface area contributed by atoms with E-state index < -0.39 is 0 Å². The van der Waals surface area contributed by atoms with E-state index in [4.69, 9.17) is 0 Å². The molecule has 6 heteroatoms. The fourth-order valence-corrected chi connectivity index (χ4v) is 2.63. The lowest BCUT2D eigenvalue weighted by Crippen LogP contribution is -2.47. The maximum Gasteiger partial charge on any atom is 0.191 e. The number of guanidine groups is 1. The standard InChI is InChI=1S/C17H37N5.HI/c1-6-18-16(20-17(3,4)5)19-10-8-9-11-22-14-12-21(7-2)13-15-22;/h6-15H2,1-5H3,(H2,18,19,20);1H. The van der Waals surface area contributed by atoms with Gasteiger partial charge in [-0.1, -0.05) is 6.92 Å². The van der Waals surface area contributed by atoms with Crippen LogP contribution in [0.4, 0.5) is 0 Å². The van der Waals surface area contributed by atoms with Gasteiger partial charge in [-0.05, 0) is 53.6 Å². The Hall–Kier alpha value is -0.0800. The Morgan fingerprint density at radius 2 is 1.61 bits per heavy atom. The molecule has 0 aromatic rings. The van der Waals surface area contributed by atoms with Crippen molar-refractivity contribution >= 4 is 29.9 Å². The Bertz CT molecular complexity index is 319. The van der Waals surface area contributed by atoms with Crippen LogP contribution in [0.1, 0.15) is 47.5 Å². The highest BCUT2D eigenvalue weighted by atomic mass is 127. The average Bonchev–Trinajstić information content (AvgIpc) is 2.46. The molecule has 5 nitrogen and oxygen atoms in total. The number of hydrogen-bond donors (Lipinski definition) is 2. The minimum absolute atomic E-state index is 0. The summed E-state index contributed by atoms with van der Waals surface area (Å²) in [4.78, 5) is 9.80. The molecule has 138 valence electrons. The van der Waals surface area contributed by atoms with Crippen molar-refractivity contribution in [2.45, 2.75) is 53.0 Å². The Labute approximate surface area is 160 Å². The first-order chi connectivity index (χ1) is 10.4. The first-order valence-corrected chi connectivity index (χ1v) is 8.95. The number of nitrogens with one attached hydrogen (secondary N) is 2. The van der Waals surface area contributed by atoms with E-state index in [2.05, 4.69) is 60.0 Å². The number of hydrogen-bond acceptors (Lipinski definition) is 3. The van der Waals surface area contributed by atoms with Gasteiger partial charge in [-0.3, -0.25) is 4.99 Å². The highest BCUT2D eigenvalue weighted by Gasteiger charge is 2.14. The molecular weight excluding hydrogens is 401 g/mol. The van der Waals surface area contributed by atoms with Gasteiger partial charge in [-0.25, -0.2) is 0 Å². The molecule has 0 bridgehead atoms. The second-order valence-electron chi connectivity index (χ2n) is 7.12. The number of aliphatic imine (C=N–C) groups is 1. The van der Waals surface area contributed by atoms with Crippen LogP contribution in [0.25, 0.3) is 0 Å². The zero-order valence-electron chi connectivity index (χ0n) is 15.8. The van der Waals surface area contributed by atoms with Gasteiger partial charge < -0.3 is 20.4 Å². The van der Waals surface area contributed by atoms with Crippen LogP contribution in [-0.4, -0.2) is 73.7 Å². The van der Waals surface area contributed by atoms with Crippen LogP contribution >= 0.6 is 24.0 Å². The number of piperazine rings is 1. The van der Waals surface area contributed by atoms with E-state index in [-0.39, 0.29) is 29.5 Å². The molecule has 1 heterocycles. The van der Waals surface area contributed by atoms with E-state index in [0.29, 0.717) is 0 Å². The highest BCUT2D eigenvalue weighted by Crippen LogP contribution is 2.03. The predicted octanol–water partition coefficient (Wildman–Crippen LogP) is 2.38. The molecule has 0 aromatic carbocycles. The SMILES string of the molecule is CCNC(=NCCCCN1CCN(CC)CC1)NC(C)(C)C.I. The number of unbranched alkanes of at least 4 members (excludes halogenated alkanes) is 1. The first-order valence-electron chi connectivity index (χ1n) is 8.95. The van der Waals surface area contributed by atoms with Crippen LogP contribution in [0, 0.1) is 0 Å². The third-order valence-electron chi connectivity index (χ3n) is 3.90. The molecule has 1 aliphatic rings. The summed E-state index contributed by atoms with van der Waals surface area (Å²) >= 11 is 0. The van der Waals surface area contributed by atoms with Gasteiger partial charge in [0.1, 0.15) is 0 Å². The van der Waals surface area contributed by atoms with E-state index in [1.54, 1.807) is 0 Å². The monoisotopic (exact) mass is 439 g/mol. The Kier molecular flexibility index (Phi) is 12.3. The summed E-state index contributed by atoms with van der Waals surface area (Å²) in [6, 6.07) is 0. The molecule has 0 aliphatic carbocycles. The topological polar surface area (TPSA) is 42.9 Å². The van der Waals surface area contributed by atoms with Crippen molar-refractivity contribution in [1.29, 1.82) is 0 Å². The maximum atomic E-state index is 4.67. The third kappa shape index (κ3) is 11.2. The molecule has 0 amide bonds. The summed E-state index contributed by atoms with van der Waals surface area (Å²) in [6.45, 7) is 20.0. The van der Waals surface area contributed by atoms with E-state index >= 15 is 0 Å². The molecule has 23 heavy (non-hydrogen) atoms. The number of nitrogens with zero attached hydrogens (tertiary/aromatic N) is 3. The smallest absolute Gasteiger partial charge is 0.191 e. The Balaban J connectivity index is 0.00000484. The Morgan fingerprint density at radius 3 is 2.13 bits per heavy atom. The minimum Gasteiger partial charge on any atom is -0.357 e. The van der Waals surface area contributed by atoms with Crippen LogP contribution in [-0.2, 0) is 0 Å². The van der Waals surface area contributed by atoms with Gasteiger partial charge in [0.05, 0.1) is 0 Å². The van der Waals surface area contributed by atoms with Gasteiger partial charge in [0, 0.05) is 44.8 Å². The quantitative estimate of drug-likeness (QED) is 0.277. The summed E-state index contributed by atoms with van der Waals surface area (Å²) in [5.41, 5.74) is 0.0555. The molecule has 1 rings (SSSR count). The molecule has 1 fully saturated rings. The first kappa shape index (κ1) is 22.9. The highest BCUT2D eigenvalue weighted by molar-refractivity contribution is 14.0.